The van der Waals surface area contributed by atoms with Crippen molar-refractivity contribution in [2.24, 2.45) is 0 Å². The Morgan fingerprint density at radius 1 is 1.53 bits per heavy atom. The van der Waals surface area contributed by atoms with Gasteiger partial charge in [0.15, 0.2) is 0 Å². The summed E-state index contributed by atoms with van der Waals surface area (Å²) in [5.41, 5.74) is 1.58. The molecule has 17 heavy (non-hydrogen) atoms. The maximum absolute atomic E-state index is 11.1. The topological polar surface area (TPSA) is 49.4 Å². The van der Waals surface area contributed by atoms with Crippen molar-refractivity contribution in [1.29, 1.82) is 0 Å². The third-order valence-corrected chi connectivity index (χ3v) is 3.11. The Balaban J connectivity index is 2.71. The highest BCUT2D eigenvalue weighted by Gasteiger charge is 2.08. The van der Waals surface area contributed by atoms with Gasteiger partial charge in [-0.2, -0.15) is 0 Å². The van der Waals surface area contributed by atoms with Crippen LogP contribution in [0, 0.1) is 0 Å². The number of nitrogens with one attached hydrogen (secondary N) is 1. The molecule has 1 aromatic rings. The average molecular weight is 299 g/mol. The van der Waals surface area contributed by atoms with Crippen LogP contribution in [0.15, 0.2) is 22.7 Å². The Bertz CT molecular complexity index is 421. The van der Waals surface area contributed by atoms with Crippen LogP contribution < -0.4 is 10.2 Å². The summed E-state index contributed by atoms with van der Waals surface area (Å²) in [6.45, 7) is 0.624. The molecular formula is C12H15BrN2O2. The Hall–Kier alpha value is -1.36. The standard InChI is InChI=1S/C12H15BrN2O2/c1-14-12(17)5-6-15(2)11-4-3-9(8-16)7-10(11)13/h3-4,7-8H,5-6H2,1-2H3,(H,14,17). The molecule has 5 heteroatoms. The van der Waals surface area contributed by atoms with Crippen LogP contribution in [0.3, 0.4) is 0 Å². The van der Waals surface area contributed by atoms with Crippen molar-refractivity contribution in [2.45, 2.75) is 6.42 Å². The summed E-state index contributed by atoms with van der Waals surface area (Å²) in [6, 6.07) is 5.37. The van der Waals surface area contributed by atoms with Gasteiger partial charge >= 0.3 is 0 Å². The number of rotatable bonds is 5. The molecule has 92 valence electrons. The van der Waals surface area contributed by atoms with E-state index in [9.17, 15) is 9.59 Å². The van der Waals surface area contributed by atoms with Crippen molar-refractivity contribution >= 4 is 33.8 Å². The smallest absolute Gasteiger partial charge is 0.221 e. The van der Waals surface area contributed by atoms with Gasteiger partial charge in [-0.05, 0) is 34.1 Å². The van der Waals surface area contributed by atoms with E-state index >= 15 is 0 Å². The van der Waals surface area contributed by atoms with E-state index in [0.29, 0.717) is 18.5 Å². The number of amides is 1. The van der Waals surface area contributed by atoms with Gasteiger partial charge in [0.05, 0.1) is 5.69 Å². The van der Waals surface area contributed by atoms with E-state index in [0.717, 1.165) is 16.4 Å². The zero-order valence-electron chi connectivity index (χ0n) is 9.87. The molecule has 0 radical (unpaired) electrons. The second-order valence-electron chi connectivity index (χ2n) is 3.67. The Labute approximate surface area is 109 Å². The molecule has 4 nitrogen and oxygen atoms in total. The van der Waals surface area contributed by atoms with Gasteiger partial charge in [0, 0.05) is 37.1 Å². The van der Waals surface area contributed by atoms with Gasteiger partial charge in [0.25, 0.3) is 0 Å². The first kappa shape index (κ1) is 13.7. The molecule has 0 heterocycles. The molecule has 1 N–H and O–H groups in total. The van der Waals surface area contributed by atoms with Gasteiger partial charge < -0.3 is 10.2 Å². The van der Waals surface area contributed by atoms with Crippen molar-refractivity contribution in [1.82, 2.24) is 5.32 Å². The van der Waals surface area contributed by atoms with Gasteiger partial charge in [0.2, 0.25) is 5.91 Å². The van der Waals surface area contributed by atoms with Crippen LogP contribution in [0.5, 0.6) is 0 Å². The number of benzene rings is 1. The van der Waals surface area contributed by atoms with Crippen LogP contribution in [-0.4, -0.2) is 32.8 Å². The van der Waals surface area contributed by atoms with Crippen molar-refractivity contribution in [3.63, 3.8) is 0 Å². The average Bonchev–Trinajstić information content (AvgIpc) is 2.35. The van der Waals surface area contributed by atoms with E-state index in [4.69, 9.17) is 0 Å². The molecule has 0 aliphatic heterocycles. The molecule has 0 aliphatic carbocycles. The zero-order chi connectivity index (χ0) is 12.8. The number of carbonyl (C=O) groups is 2. The van der Waals surface area contributed by atoms with Crippen LogP contribution in [-0.2, 0) is 4.79 Å². The fraction of sp³-hybridized carbons (Fsp3) is 0.333. The molecule has 0 aromatic heterocycles. The van der Waals surface area contributed by atoms with Crippen molar-refractivity contribution < 1.29 is 9.59 Å². The fourth-order valence-corrected chi connectivity index (χ4v) is 2.12. The summed E-state index contributed by atoms with van der Waals surface area (Å²) in [7, 11) is 3.53. The molecule has 0 bridgehead atoms. The van der Waals surface area contributed by atoms with Crippen LogP contribution >= 0.6 is 15.9 Å². The molecule has 0 fully saturated rings. The zero-order valence-corrected chi connectivity index (χ0v) is 11.5. The number of carbonyl (C=O) groups excluding carboxylic acids is 2. The Kier molecular flexibility index (Phi) is 5.15. The normalized spacial score (nSPS) is 9.82. The van der Waals surface area contributed by atoms with Crippen LogP contribution in [0.2, 0.25) is 0 Å². The first-order valence-electron chi connectivity index (χ1n) is 5.25. The first-order chi connectivity index (χ1) is 8.08. The minimum atomic E-state index is 0.0116. The van der Waals surface area contributed by atoms with Crippen LogP contribution in [0.1, 0.15) is 16.8 Å². The van der Waals surface area contributed by atoms with Gasteiger partial charge in [0.1, 0.15) is 6.29 Å². The van der Waals surface area contributed by atoms with Crippen molar-refractivity contribution in [3.8, 4) is 0 Å². The summed E-state index contributed by atoms with van der Waals surface area (Å²) in [5.74, 6) is 0.0116. The molecule has 0 aliphatic rings. The molecule has 0 saturated carbocycles. The molecule has 1 amide bonds. The van der Waals surface area contributed by atoms with Gasteiger partial charge in [-0.15, -0.1) is 0 Å². The lowest BCUT2D eigenvalue weighted by molar-refractivity contribution is -0.120. The second kappa shape index (κ2) is 6.39. The number of anilines is 1. The summed E-state index contributed by atoms with van der Waals surface area (Å²) in [5, 5.41) is 2.58. The van der Waals surface area contributed by atoms with Crippen molar-refractivity contribution in [2.75, 3.05) is 25.5 Å². The van der Waals surface area contributed by atoms with Gasteiger partial charge in [-0.25, -0.2) is 0 Å². The third kappa shape index (κ3) is 3.85. The molecule has 0 atom stereocenters. The lowest BCUT2D eigenvalue weighted by atomic mass is 10.2. The van der Waals surface area contributed by atoms with Gasteiger partial charge in [-0.1, -0.05) is 0 Å². The number of nitrogens with zero attached hydrogens (tertiary/aromatic N) is 1. The summed E-state index contributed by atoms with van der Waals surface area (Å²) in [6.07, 6.45) is 1.24. The SMILES string of the molecule is CNC(=O)CCN(C)c1ccc(C=O)cc1Br. The van der Waals surface area contributed by atoms with Crippen LogP contribution in [0.25, 0.3) is 0 Å². The van der Waals surface area contributed by atoms with E-state index in [1.165, 1.54) is 0 Å². The molecular weight excluding hydrogens is 284 g/mol. The number of hydrogen-bond acceptors (Lipinski definition) is 3. The highest BCUT2D eigenvalue weighted by molar-refractivity contribution is 9.10. The number of aldehydes is 1. The molecule has 0 unspecified atom stereocenters. The highest BCUT2D eigenvalue weighted by atomic mass is 79.9. The number of halogens is 1. The minimum Gasteiger partial charge on any atom is -0.373 e. The summed E-state index contributed by atoms with van der Waals surface area (Å²) >= 11 is 3.41. The molecule has 0 saturated heterocycles. The highest BCUT2D eigenvalue weighted by Crippen LogP contribution is 2.26. The largest absolute Gasteiger partial charge is 0.373 e. The fourth-order valence-electron chi connectivity index (χ4n) is 1.42. The van der Waals surface area contributed by atoms with Crippen molar-refractivity contribution in [3.05, 3.63) is 28.2 Å². The predicted octanol–water partition coefficient (Wildman–Crippen LogP) is 1.83. The molecule has 1 aromatic carbocycles. The Morgan fingerprint density at radius 2 is 2.24 bits per heavy atom. The summed E-state index contributed by atoms with van der Waals surface area (Å²) in [4.78, 5) is 23.7. The molecule has 0 spiro atoms. The van der Waals surface area contributed by atoms with E-state index < -0.39 is 0 Å². The monoisotopic (exact) mass is 298 g/mol. The van der Waals surface area contributed by atoms with Gasteiger partial charge in [-0.3, -0.25) is 9.59 Å². The quantitative estimate of drug-likeness (QED) is 0.844. The lowest BCUT2D eigenvalue weighted by Crippen LogP contribution is -2.26. The number of hydrogen-bond donors (Lipinski definition) is 1. The molecule has 1 rings (SSSR count). The van der Waals surface area contributed by atoms with Crippen LogP contribution in [0.4, 0.5) is 5.69 Å². The van der Waals surface area contributed by atoms with E-state index in [2.05, 4.69) is 21.2 Å². The Morgan fingerprint density at radius 3 is 2.76 bits per heavy atom. The van der Waals surface area contributed by atoms with E-state index in [1.54, 1.807) is 19.2 Å². The maximum atomic E-state index is 11.1. The maximum Gasteiger partial charge on any atom is 0.221 e. The van der Waals surface area contributed by atoms with E-state index in [1.807, 2.05) is 18.0 Å². The third-order valence-electron chi connectivity index (χ3n) is 2.47. The van der Waals surface area contributed by atoms with E-state index in [-0.39, 0.29) is 5.91 Å². The first-order valence-corrected chi connectivity index (χ1v) is 6.04. The second-order valence-corrected chi connectivity index (χ2v) is 4.53. The predicted molar refractivity (Wildman–Crippen MR) is 71.5 cm³/mol. The minimum absolute atomic E-state index is 0.0116. The lowest BCUT2D eigenvalue weighted by Gasteiger charge is -2.20. The summed E-state index contributed by atoms with van der Waals surface area (Å²) < 4.78 is 0.849.